The summed E-state index contributed by atoms with van der Waals surface area (Å²) < 4.78 is 4.77. The van der Waals surface area contributed by atoms with E-state index < -0.39 is 0 Å². The van der Waals surface area contributed by atoms with Crippen molar-refractivity contribution in [1.82, 2.24) is 0 Å². The highest BCUT2D eigenvalue weighted by Crippen LogP contribution is 2.09. The van der Waals surface area contributed by atoms with E-state index in [1.54, 1.807) is 6.08 Å². The number of carbonyl (C=O) groups is 1. The van der Waals surface area contributed by atoms with Crippen molar-refractivity contribution in [2.24, 2.45) is 5.73 Å². The lowest BCUT2D eigenvalue weighted by atomic mass is 10.2. The Morgan fingerprint density at radius 3 is 2.92 bits per heavy atom. The molecule has 0 spiro atoms. The van der Waals surface area contributed by atoms with Gasteiger partial charge in [-0.25, -0.2) is 0 Å². The molecule has 0 aromatic carbocycles. The van der Waals surface area contributed by atoms with Gasteiger partial charge in [0.25, 0.3) is 0 Å². The lowest BCUT2D eigenvalue weighted by molar-refractivity contribution is -0.141. The van der Waals surface area contributed by atoms with Crippen LogP contribution < -0.4 is 5.73 Å². The summed E-state index contributed by atoms with van der Waals surface area (Å²) in [4.78, 5) is 11.1. The van der Waals surface area contributed by atoms with Crippen molar-refractivity contribution in [3.63, 3.8) is 0 Å². The van der Waals surface area contributed by atoms with E-state index in [2.05, 4.69) is 29.2 Å². The van der Waals surface area contributed by atoms with Crippen LogP contribution in [0.5, 0.6) is 0 Å². The van der Waals surface area contributed by atoms with Crippen molar-refractivity contribution in [1.29, 1.82) is 0 Å². The topological polar surface area (TPSA) is 52.3 Å². The molecule has 0 aliphatic carbocycles. The SMILES string of the molecule is C=CCOC(=O)[C@H](I)CCCN. The summed E-state index contributed by atoms with van der Waals surface area (Å²) in [6, 6.07) is 0. The molecule has 0 radical (unpaired) electrons. The van der Waals surface area contributed by atoms with Gasteiger partial charge in [0.2, 0.25) is 0 Å². The van der Waals surface area contributed by atoms with Gasteiger partial charge < -0.3 is 10.5 Å². The second-order valence-corrected chi connectivity index (χ2v) is 3.82. The molecular weight excluding hydrogens is 269 g/mol. The number of hydrogen-bond donors (Lipinski definition) is 1. The van der Waals surface area contributed by atoms with Crippen LogP contribution in [0.25, 0.3) is 0 Å². The molecule has 1 atom stereocenters. The molecule has 0 amide bonds. The van der Waals surface area contributed by atoms with Crippen LogP contribution in [0, 0.1) is 0 Å². The normalized spacial score (nSPS) is 12.2. The van der Waals surface area contributed by atoms with Crippen LogP contribution in [0.2, 0.25) is 0 Å². The van der Waals surface area contributed by atoms with Crippen molar-refractivity contribution in [3.05, 3.63) is 12.7 Å². The van der Waals surface area contributed by atoms with Gasteiger partial charge in [0, 0.05) is 0 Å². The summed E-state index contributed by atoms with van der Waals surface area (Å²) in [7, 11) is 0. The second kappa shape index (κ2) is 7.54. The first-order valence-electron chi connectivity index (χ1n) is 3.84. The van der Waals surface area contributed by atoms with Gasteiger partial charge in [-0.15, -0.1) is 0 Å². The Bertz CT molecular complexity index is 150. The third-order valence-electron chi connectivity index (χ3n) is 1.26. The number of rotatable bonds is 6. The highest BCUT2D eigenvalue weighted by atomic mass is 127. The maximum absolute atomic E-state index is 11.1. The van der Waals surface area contributed by atoms with Crippen LogP contribution >= 0.6 is 22.6 Å². The maximum atomic E-state index is 11.1. The Hall–Kier alpha value is -0.100. The van der Waals surface area contributed by atoms with E-state index in [1.807, 2.05) is 0 Å². The molecule has 0 unspecified atom stereocenters. The van der Waals surface area contributed by atoms with E-state index in [0.29, 0.717) is 13.2 Å². The molecule has 0 aliphatic rings. The van der Waals surface area contributed by atoms with Gasteiger partial charge in [0.15, 0.2) is 0 Å². The van der Waals surface area contributed by atoms with Gasteiger partial charge >= 0.3 is 5.97 Å². The van der Waals surface area contributed by atoms with Crippen LogP contribution in [-0.4, -0.2) is 23.0 Å². The van der Waals surface area contributed by atoms with Crippen molar-refractivity contribution < 1.29 is 9.53 Å². The number of carbonyl (C=O) groups excluding carboxylic acids is 1. The fourth-order valence-electron chi connectivity index (χ4n) is 0.646. The molecule has 0 aliphatic heterocycles. The number of esters is 1. The third kappa shape index (κ3) is 5.54. The molecule has 0 aromatic heterocycles. The first kappa shape index (κ1) is 11.9. The van der Waals surface area contributed by atoms with Crippen LogP contribution in [0.4, 0.5) is 0 Å². The Morgan fingerprint density at radius 1 is 1.75 bits per heavy atom. The number of halogens is 1. The molecule has 0 aromatic rings. The quantitative estimate of drug-likeness (QED) is 0.345. The van der Waals surface area contributed by atoms with Crippen LogP contribution in [0.3, 0.4) is 0 Å². The van der Waals surface area contributed by atoms with Crippen molar-refractivity contribution >= 4 is 28.6 Å². The summed E-state index contributed by atoms with van der Waals surface area (Å²) in [5.41, 5.74) is 5.31. The molecular formula is C8H14INO2. The monoisotopic (exact) mass is 283 g/mol. The zero-order chi connectivity index (χ0) is 9.40. The van der Waals surface area contributed by atoms with Crippen LogP contribution in [0.15, 0.2) is 12.7 Å². The van der Waals surface area contributed by atoms with E-state index in [4.69, 9.17) is 10.5 Å². The standard InChI is InChI=1S/C8H14INO2/c1-2-6-12-8(11)7(9)4-3-5-10/h2,7H,1,3-6,10H2/t7-/m1/s1. The van der Waals surface area contributed by atoms with Gasteiger partial charge in [-0.05, 0) is 19.4 Å². The Kier molecular flexibility index (Phi) is 7.48. The molecule has 70 valence electrons. The molecule has 4 heteroatoms. The van der Waals surface area contributed by atoms with E-state index in [-0.39, 0.29) is 9.89 Å². The summed E-state index contributed by atoms with van der Waals surface area (Å²) in [6.45, 7) is 4.37. The minimum Gasteiger partial charge on any atom is -0.461 e. The minimum atomic E-state index is -0.177. The summed E-state index contributed by atoms with van der Waals surface area (Å²) in [6.07, 6.45) is 3.20. The molecule has 0 rings (SSSR count). The highest BCUT2D eigenvalue weighted by molar-refractivity contribution is 14.1. The smallest absolute Gasteiger partial charge is 0.319 e. The Labute approximate surface area is 86.5 Å². The predicted molar refractivity (Wildman–Crippen MR) is 57.3 cm³/mol. The van der Waals surface area contributed by atoms with Gasteiger partial charge in [0.05, 0.1) is 0 Å². The third-order valence-corrected chi connectivity index (χ3v) is 2.39. The lowest BCUT2D eigenvalue weighted by Crippen LogP contribution is -2.18. The van der Waals surface area contributed by atoms with Crippen molar-refractivity contribution in [2.45, 2.75) is 16.8 Å². The molecule has 0 fully saturated rings. The summed E-state index contributed by atoms with van der Waals surface area (Å²) in [5.74, 6) is -0.177. The van der Waals surface area contributed by atoms with Crippen molar-refractivity contribution in [3.8, 4) is 0 Å². The Balaban J connectivity index is 3.53. The Morgan fingerprint density at radius 2 is 2.42 bits per heavy atom. The average Bonchev–Trinajstić information content (AvgIpc) is 2.10. The molecule has 0 saturated carbocycles. The van der Waals surface area contributed by atoms with Gasteiger partial charge in [-0.2, -0.15) is 0 Å². The van der Waals surface area contributed by atoms with E-state index >= 15 is 0 Å². The van der Waals surface area contributed by atoms with Gasteiger partial charge in [0.1, 0.15) is 10.5 Å². The van der Waals surface area contributed by atoms with Gasteiger partial charge in [-0.3, -0.25) is 4.79 Å². The van der Waals surface area contributed by atoms with Crippen molar-refractivity contribution in [2.75, 3.05) is 13.2 Å². The average molecular weight is 283 g/mol. The molecule has 3 nitrogen and oxygen atoms in total. The van der Waals surface area contributed by atoms with E-state index in [0.717, 1.165) is 12.8 Å². The fourth-order valence-corrected chi connectivity index (χ4v) is 1.27. The summed E-state index contributed by atoms with van der Waals surface area (Å²) in [5, 5.41) is 0. The van der Waals surface area contributed by atoms with E-state index in [1.165, 1.54) is 0 Å². The largest absolute Gasteiger partial charge is 0.461 e. The molecule has 0 bridgehead atoms. The molecule has 12 heavy (non-hydrogen) atoms. The zero-order valence-electron chi connectivity index (χ0n) is 6.96. The van der Waals surface area contributed by atoms with Crippen LogP contribution in [0.1, 0.15) is 12.8 Å². The molecule has 2 N–H and O–H groups in total. The number of nitrogens with two attached hydrogens (primary N) is 1. The number of ether oxygens (including phenoxy) is 1. The van der Waals surface area contributed by atoms with Crippen LogP contribution in [-0.2, 0) is 9.53 Å². The predicted octanol–water partition coefficient (Wildman–Crippen LogP) is 1.26. The second-order valence-electron chi connectivity index (χ2n) is 2.32. The summed E-state index contributed by atoms with van der Waals surface area (Å²) >= 11 is 2.07. The first-order valence-corrected chi connectivity index (χ1v) is 5.08. The fraction of sp³-hybridized carbons (Fsp3) is 0.625. The lowest BCUT2D eigenvalue weighted by Gasteiger charge is -2.07. The minimum absolute atomic E-state index is 0.0777. The molecule has 0 saturated heterocycles. The number of hydrogen-bond acceptors (Lipinski definition) is 3. The van der Waals surface area contributed by atoms with E-state index in [9.17, 15) is 4.79 Å². The highest BCUT2D eigenvalue weighted by Gasteiger charge is 2.14. The number of alkyl halides is 1. The maximum Gasteiger partial charge on any atom is 0.319 e. The zero-order valence-corrected chi connectivity index (χ0v) is 9.12. The molecule has 0 heterocycles. The van der Waals surface area contributed by atoms with Gasteiger partial charge in [-0.1, -0.05) is 35.2 Å². The first-order chi connectivity index (χ1) is 5.72.